The SMILES string of the molecule is COc1ccccc1N1CCN(CCCNC(=O)C(=O)NCc2ccc(F)cc2)CC1. The fraction of sp³-hybridized carbons (Fsp3) is 0.391. The van der Waals surface area contributed by atoms with Crippen LogP contribution in [-0.2, 0) is 16.1 Å². The lowest BCUT2D eigenvalue weighted by Gasteiger charge is -2.36. The molecule has 0 bridgehead atoms. The van der Waals surface area contributed by atoms with Crippen molar-refractivity contribution in [2.24, 2.45) is 0 Å². The number of para-hydroxylation sites is 2. The topological polar surface area (TPSA) is 73.9 Å². The van der Waals surface area contributed by atoms with Gasteiger partial charge in [0.2, 0.25) is 0 Å². The minimum Gasteiger partial charge on any atom is -0.495 e. The number of carbonyl (C=O) groups is 2. The van der Waals surface area contributed by atoms with Crippen LogP contribution in [0.25, 0.3) is 0 Å². The van der Waals surface area contributed by atoms with Crippen molar-refractivity contribution in [1.29, 1.82) is 0 Å². The molecule has 1 aliphatic rings. The molecule has 0 unspecified atom stereocenters. The number of nitrogens with zero attached hydrogens (tertiary/aromatic N) is 2. The molecule has 1 heterocycles. The van der Waals surface area contributed by atoms with Crippen LogP contribution in [0.15, 0.2) is 48.5 Å². The molecule has 0 saturated carbocycles. The Balaban J connectivity index is 1.30. The number of ether oxygens (including phenoxy) is 1. The molecule has 8 heteroatoms. The van der Waals surface area contributed by atoms with Crippen LogP contribution in [0.2, 0.25) is 0 Å². The lowest BCUT2D eigenvalue weighted by molar-refractivity contribution is -0.139. The normalized spacial score (nSPS) is 14.2. The van der Waals surface area contributed by atoms with E-state index in [1.807, 2.05) is 18.2 Å². The summed E-state index contributed by atoms with van der Waals surface area (Å²) in [6.45, 7) is 5.18. The number of nitrogens with one attached hydrogen (secondary N) is 2. The average Bonchev–Trinajstić information content (AvgIpc) is 2.81. The van der Waals surface area contributed by atoms with Crippen LogP contribution in [-0.4, -0.2) is 63.1 Å². The van der Waals surface area contributed by atoms with Gasteiger partial charge in [-0.3, -0.25) is 14.5 Å². The summed E-state index contributed by atoms with van der Waals surface area (Å²) in [5.74, 6) is -0.789. The third-order valence-corrected chi connectivity index (χ3v) is 5.31. The maximum Gasteiger partial charge on any atom is 0.309 e. The Kier molecular flexibility index (Phi) is 8.23. The maximum absolute atomic E-state index is 12.9. The van der Waals surface area contributed by atoms with Gasteiger partial charge in [-0.15, -0.1) is 0 Å². The van der Waals surface area contributed by atoms with E-state index in [4.69, 9.17) is 4.74 Å². The van der Waals surface area contributed by atoms with Gasteiger partial charge in [0.05, 0.1) is 12.8 Å². The van der Waals surface area contributed by atoms with E-state index in [0.717, 1.165) is 56.1 Å². The first-order valence-electron chi connectivity index (χ1n) is 10.5. The molecule has 2 N–H and O–H groups in total. The molecule has 1 saturated heterocycles. The zero-order valence-electron chi connectivity index (χ0n) is 17.8. The van der Waals surface area contributed by atoms with Crippen LogP contribution >= 0.6 is 0 Å². The zero-order chi connectivity index (χ0) is 22.1. The van der Waals surface area contributed by atoms with Crippen LogP contribution in [0.1, 0.15) is 12.0 Å². The smallest absolute Gasteiger partial charge is 0.309 e. The number of carbonyl (C=O) groups excluding carboxylic acids is 2. The van der Waals surface area contributed by atoms with Gasteiger partial charge in [-0.25, -0.2) is 4.39 Å². The predicted molar refractivity (Wildman–Crippen MR) is 118 cm³/mol. The Morgan fingerprint density at radius 3 is 2.35 bits per heavy atom. The summed E-state index contributed by atoms with van der Waals surface area (Å²) in [5.41, 5.74) is 1.85. The number of piperazine rings is 1. The third-order valence-electron chi connectivity index (χ3n) is 5.31. The largest absolute Gasteiger partial charge is 0.495 e. The van der Waals surface area contributed by atoms with Gasteiger partial charge in [-0.2, -0.15) is 0 Å². The minimum atomic E-state index is -0.685. The van der Waals surface area contributed by atoms with Crippen molar-refractivity contribution < 1.29 is 18.7 Å². The number of methoxy groups -OCH3 is 1. The number of halogens is 1. The van der Waals surface area contributed by atoms with E-state index in [-0.39, 0.29) is 12.4 Å². The highest BCUT2D eigenvalue weighted by Gasteiger charge is 2.19. The maximum atomic E-state index is 12.9. The first-order valence-corrected chi connectivity index (χ1v) is 10.5. The molecule has 166 valence electrons. The van der Waals surface area contributed by atoms with Crippen molar-refractivity contribution in [2.75, 3.05) is 51.3 Å². The summed E-state index contributed by atoms with van der Waals surface area (Å²) in [7, 11) is 1.69. The van der Waals surface area contributed by atoms with E-state index < -0.39 is 11.8 Å². The van der Waals surface area contributed by atoms with Crippen LogP contribution in [0, 0.1) is 5.82 Å². The first kappa shape index (κ1) is 22.6. The number of amides is 2. The van der Waals surface area contributed by atoms with Gasteiger partial charge in [-0.1, -0.05) is 24.3 Å². The van der Waals surface area contributed by atoms with Crippen molar-refractivity contribution in [1.82, 2.24) is 15.5 Å². The van der Waals surface area contributed by atoms with Gasteiger partial charge >= 0.3 is 11.8 Å². The summed E-state index contributed by atoms with van der Waals surface area (Å²) in [6.07, 6.45) is 0.769. The van der Waals surface area contributed by atoms with Gasteiger partial charge in [-0.05, 0) is 42.8 Å². The van der Waals surface area contributed by atoms with Crippen molar-refractivity contribution in [3.8, 4) is 5.75 Å². The van der Waals surface area contributed by atoms with Crippen LogP contribution in [0.3, 0.4) is 0 Å². The van der Waals surface area contributed by atoms with E-state index in [2.05, 4.69) is 26.5 Å². The number of hydrogen-bond donors (Lipinski definition) is 2. The monoisotopic (exact) mass is 428 g/mol. The molecule has 1 aliphatic heterocycles. The summed E-state index contributed by atoms with van der Waals surface area (Å²) in [6, 6.07) is 13.8. The van der Waals surface area contributed by atoms with E-state index in [1.165, 1.54) is 12.1 Å². The lowest BCUT2D eigenvalue weighted by atomic mass is 10.2. The minimum absolute atomic E-state index is 0.184. The molecule has 2 aromatic carbocycles. The van der Waals surface area contributed by atoms with Crippen molar-refractivity contribution in [3.05, 3.63) is 59.9 Å². The summed E-state index contributed by atoms with van der Waals surface area (Å²) < 4.78 is 18.3. The highest BCUT2D eigenvalue weighted by atomic mass is 19.1. The van der Waals surface area contributed by atoms with Gasteiger partial charge in [0.1, 0.15) is 11.6 Å². The van der Waals surface area contributed by atoms with Crippen molar-refractivity contribution in [2.45, 2.75) is 13.0 Å². The molecular formula is C23H29FN4O3. The van der Waals surface area contributed by atoms with Gasteiger partial charge in [0.25, 0.3) is 0 Å². The van der Waals surface area contributed by atoms with Crippen LogP contribution in [0.5, 0.6) is 5.75 Å². The third kappa shape index (κ3) is 6.68. The molecule has 7 nitrogen and oxygen atoms in total. The van der Waals surface area contributed by atoms with E-state index in [1.54, 1.807) is 19.2 Å². The molecule has 3 rings (SSSR count). The molecule has 0 radical (unpaired) electrons. The van der Waals surface area contributed by atoms with E-state index >= 15 is 0 Å². The fourth-order valence-electron chi connectivity index (χ4n) is 3.55. The van der Waals surface area contributed by atoms with E-state index in [9.17, 15) is 14.0 Å². The number of anilines is 1. The van der Waals surface area contributed by atoms with Crippen LogP contribution < -0.4 is 20.3 Å². The Hall–Kier alpha value is -3.13. The number of rotatable bonds is 8. The summed E-state index contributed by atoms with van der Waals surface area (Å²) in [5, 5.41) is 5.19. The molecule has 0 atom stereocenters. The second-order valence-electron chi connectivity index (χ2n) is 7.42. The molecule has 31 heavy (non-hydrogen) atoms. The zero-order valence-corrected chi connectivity index (χ0v) is 17.8. The number of hydrogen-bond acceptors (Lipinski definition) is 5. The van der Waals surface area contributed by atoms with Crippen molar-refractivity contribution in [3.63, 3.8) is 0 Å². The molecule has 1 fully saturated rings. The standard InChI is InChI=1S/C23H29FN4O3/c1-31-21-6-3-2-5-20(21)28-15-13-27(14-16-28)12-4-11-25-22(29)23(30)26-17-18-7-9-19(24)10-8-18/h2-3,5-10H,4,11-17H2,1H3,(H,25,29)(H,26,30). The predicted octanol–water partition coefficient (Wildman–Crippen LogP) is 1.78. The molecule has 0 spiro atoms. The molecule has 0 aliphatic carbocycles. The van der Waals surface area contributed by atoms with Crippen LogP contribution in [0.4, 0.5) is 10.1 Å². The van der Waals surface area contributed by atoms with E-state index in [0.29, 0.717) is 6.54 Å². The fourth-order valence-corrected chi connectivity index (χ4v) is 3.55. The highest BCUT2D eigenvalue weighted by Crippen LogP contribution is 2.28. The Bertz CT molecular complexity index is 867. The lowest BCUT2D eigenvalue weighted by Crippen LogP contribution is -2.47. The Labute approximate surface area is 182 Å². The second kappa shape index (κ2) is 11.3. The summed E-state index contributed by atoms with van der Waals surface area (Å²) in [4.78, 5) is 28.5. The van der Waals surface area contributed by atoms with Crippen molar-refractivity contribution >= 4 is 17.5 Å². The summed E-state index contributed by atoms with van der Waals surface area (Å²) >= 11 is 0. The Morgan fingerprint density at radius 2 is 1.65 bits per heavy atom. The first-order chi connectivity index (χ1) is 15.1. The van der Waals surface area contributed by atoms with Gasteiger partial charge in [0.15, 0.2) is 0 Å². The highest BCUT2D eigenvalue weighted by molar-refractivity contribution is 6.35. The number of benzene rings is 2. The molecule has 0 aromatic heterocycles. The van der Waals surface area contributed by atoms with Gasteiger partial charge in [0, 0.05) is 39.3 Å². The molecule has 2 aromatic rings. The molecule has 2 amide bonds. The quantitative estimate of drug-likeness (QED) is 0.495. The van der Waals surface area contributed by atoms with Gasteiger partial charge < -0.3 is 20.3 Å². The second-order valence-corrected chi connectivity index (χ2v) is 7.42. The molecular weight excluding hydrogens is 399 g/mol. The average molecular weight is 429 g/mol. The Morgan fingerprint density at radius 1 is 0.968 bits per heavy atom.